The fourth-order valence-electron chi connectivity index (χ4n) is 18.6. The van der Waals surface area contributed by atoms with Crippen molar-refractivity contribution in [1.29, 1.82) is 0 Å². The first-order valence-corrected chi connectivity index (χ1v) is 40.0. The number of methoxy groups -OCH3 is 7. The minimum absolute atomic E-state index is 0.0380. The summed E-state index contributed by atoms with van der Waals surface area (Å²) in [5, 5.41) is 8.62. The molecule has 3 amide bonds. The van der Waals surface area contributed by atoms with E-state index in [2.05, 4.69) is 91.6 Å². The molecule has 1 saturated heterocycles. The van der Waals surface area contributed by atoms with E-state index in [0.29, 0.717) is 50.1 Å². The van der Waals surface area contributed by atoms with Crippen molar-refractivity contribution in [2.45, 2.75) is 208 Å². The Labute approximate surface area is 613 Å². The second-order valence-electron chi connectivity index (χ2n) is 30.5. The van der Waals surface area contributed by atoms with Gasteiger partial charge in [-0.2, -0.15) is 0 Å². The summed E-state index contributed by atoms with van der Waals surface area (Å²) in [4.78, 5) is 55.9. The largest absolute Gasteiger partial charge is 0.384 e. The third-order valence-electron chi connectivity index (χ3n) is 24.8. The van der Waals surface area contributed by atoms with Gasteiger partial charge in [0.15, 0.2) is 32.9 Å². The molecular formula is C79H115BrN8O10S2. The Morgan fingerprint density at radius 2 is 0.920 bits per heavy atom. The number of ether oxygens (including phenoxy) is 7. The van der Waals surface area contributed by atoms with Crippen molar-refractivity contribution in [3.63, 3.8) is 0 Å². The average Bonchev–Trinajstić information content (AvgIpc) is 1.54. The van der Waals surface area contributed by atoms with Crippen LogP contribution in [0.3, 0.4) is 0 Å². The molecule has 550 valence electrons. The predicted octanol–water partition coefficient (Wildman–Crippen LogP) is 11.7. The van der Waals surface area contributed by atoms with Crippen molar-refractivity contribution < 1.29 is 47.5 Å². The van der Waals surface area contributed by atoms with Crippen LogP contribution in [-0.2, 0) is 103 Å². The van der Waals surface area contributed by atoms with E-state index in [1.54, 1.807) is 59.3 Å². The standard InChI is InChI=1S/C28H40N2O4S.C25H35N3O3.C22H28N2O2S.C3H7BrO.CH5N/c1-32-15-14-30-25(31)28(29-26(30)35-17-16-33-2)24-18-21(7-6-20-4-5-20)8-9-22(24)19-27(28)12-10-23(34-3)11-13-27;1-30-14-13-28-22(29)25(27-23(28)26)21-15-18(6-5-17-3-4-17)7-8-19(21)16-24(25)11-9-20(31-2)10-12-24;1-26-17-8-10-21(11-9-17)13-16-7-6-15(5-4-14-2-3-14)12-18(16)22(21)19(25)23-20(27)24-22;1-5-3-2-4;1-2/h8-9,18,20,23H,4-7,10-17,19H2,1-3H3;7-8,15,17,20H,3-6,9-14,16H2,1-2H3,(H2,26,27);6-7,12,14,17H,2-5,8-11,13H2,1H3,(H2,23,24,25,27);2-3H2,1H3;2H2,1H3. The zero-order chi connectivity index (χ0) is 70.9. The van der Waals surface area contributed by atoms with E-state index in [1.807, 2.05) is 12.0 Å². The van der Waals surface area contributed by atoms with E-state index in [9.17, 15) is 14.4 Å². The molecule has 0 radical (unpaired) electrons. The Balaban J connectivity index is 0.000000145. The number of aryl methyl sites for hydroxylation is 3. The highest BCUT2D eigenvalue weighted by Crippen LogP contribution is 2.65. The van der Waals surface area contributed by atoms with Gasteiger partial charge in [0, 0.05) is 77.1 Å². The minimum Gasteiger partial charge on any atom is -0.384 e. The maximum Gasteiger partial charge on any atom is 0.262 e. The van der Waals surface area contributed by atoms with Gasteiger partial charge in [-0.15, -0.1) is 0 Å². The van der Waals surface area contributed by atoms with Crippen LogP contribution in [0.1, 0.15) is 185 Å². The maximum absolute atomic E-state index is 14.5. The number of thiocarbonyl (C=S) groups is 1. The molecule has 0 bridgehead atoms. The fraction of sp³-hybridized carbons (Fsp3) is 0.696. The van der Waals surface area contributed by atoms with Crippen LogP contribution in [0.2, 0.25) is 0 Å². The molecule has 0 aromatic heterocycles. The number of fused-ring (bicyclic) bond motifs is 9. The molecule has 6 saturated carbocycles. The van der Waals surface area contributed by atoms with Crippen molar-refractivity contribution in [2.75, 3.05) is 107 Å². The molecule has 7 fully saturated rings. The number of guanidine groups is 1. The highest BCUT2D eigenvalue weighted by Gasteiger charge is 2.69. The third-order valence-corrected chi connectivity index (χ3v) is 26.2. The summed E-state index contributed by atoms with van der Waals surface area (Å²) in [5.41, 5.74) is 19.3. The molecule has 100 heavy (non-hydrogen) atoms. The summed E-state index contributed by atoms with van der Waals surface area (Å²) < 4.78 is 37.6. The molecule has 3 atom stereocenters. The number of carbonyl (C=O) groups excluding carboxylic acids is 3. The molecule has 3 aromatic rings. The predicted molar refractivity (Wildman–Crippen MR) is 404 cm³/mol. The lowest BCUT2D eigenvalue weighted by atomic mass is 9.61. The zero-order valence-corrected chi connectivity index (χ0v) is 64.3. The highest BCUT2D eigenvalue weighted by atomic mass is 79.9. The first kappa shape index (κ1) is 76.7. The number of thioether (sulfide) groups is 1. The van der Waals surface area contributed by atoms with E-state index < -0.39 is 16.6 Å². The van der Waals surface area contributed by atoms with Gasteiger partial charge in [0.05, 0.1) is 57.8 Å². The number of benzene rings is 3. The van der Waals surface area contributed by atoms with Crippen LogP contribution in [0.25, 0.3) is 0 Å². The Kier molecular flexibility index (Phi) is 25.9. The highest BCUT2D eigenvalue weighted by molar-refractivity contribution is 9.09. The van der Waals surface area contributed by atoms with E-state index >= 15 is 0 Å². The van der Waals surface area contributed by atoms with Gasteiger partial charge in [0.2, 0.25) is 0 Å². The summed E-state index contributed by atoms with van der Waals surface area (Å²) in [6.45, 7) is 3.36. The normalized spacial score (nSPS) is 30.3. The fourth-order valence-corrected chi connectivity index (χ4v) is 20.2. The number of halogens is 1. The molecule has 21 heteroatoms. The Bertz CT molecular complexity index is 3390. The first-order valence-electron chi connectivity index (χ1n) is 37.5. The molecule has 18 nitrogen and oxygen atoms in total. The molecule has 6 N–H and O–H groups in total. The summed E-state index contributed by atoms with van der Waals surface area (Å²) in [6, 6.07) is 20.6. The molecule has 15 rings (SSSR count). The van der Waals surface area contributed by atoms with E-state index in [-0.39, 0.29) is 46.2 Å². The second-order valence-corrected chi connectivity index (χ2v) is 32.7. The van der Waals surface area contributed by atoms with Crippen molar-refractivity contribution in [1.82, 2.24) is 20.4 Å². The number of alkyl halides is 1. The Morgan fingerprint density at radius 1 is 0.530 bits per heavy atom. The number of amides is 3. The summed E-state index contributed by atoms with van der Waals surface area (Å²) >= 11 is 10.2. The van der Waals surface area contributed by atoms with Gasteiger partial charge in [-0.05, 0) is 222 Å². The van der Waals surface area contributed by atoms with Gasteiger partial charge in [0.25, 0.3) is 17.7 Å². The number of aliphatic imine (C=N–C) groups is 2. The van der Waals surface area contributed by atoms with Crippen molar-refractivity contribution in [3.8, 4) is 0 Å². The Morgan fingerprint density at radius 3 is 1.31 bits per heavy atom. The van der Waals surface area contributed by atoms with Crippen LogP contribution in [0.5, 0.6) is 0 Å². The molecule has 12 aliphatic rings. The molecule has 3 heterocycles. The van der Waals surface area contributed by atoms with Gasteiger partial charge in [-0.1, -0.05) is 121 Å². The lowest BCUT2D eigenvalue weighted by Crippen LogP contribution is -2.56. The Hall–Kier alpha value is -4.39. The van der Waals surface area contributed by atoms with Crippen LogP contribution in [-0.4, -0.2) is 169 Å². The van der Waals surface area contributed by atoms with Crippen molar-refractivity contribution >= 4 is 73.9 Å². The summed E-state index contributed by atoms with van der Waals surface area (Å²) in [5.74, 6) is 4.04. The number of nitrogens with one attached hydrogen (secondary N) is 2. The van der Waals surface area contributed by atoms with Gasteiger partial charge in [-0.3, -0.25) is 24.2 Å². The first-order chi connectivity index (χ1) is 48.6. The minimum atomic E-state index is -0.894. The zero-order valence-electron chi connectivity index (χ0n) is 61.1. The van der Waals surface area contributed by atoms with Crippen LogP contribution in [0, 0.1) is 34.0 Å². The van der Waals surface area contributed by atoms with Crippen molar-refractivity contribution in [2.24, 2.45) is 55.5 Å². The van der Waals surface area contributed by atoms with Crippen LogP contribution in [0.4, 0.5) is 0 Å². The number of rotatable bonds is 23. The van der Waals surface area contributed by atoms with E-state index in [1.165, 1.54) is 104 Å². The topological polar surface area (TPSA) is 223 Å². The van der Waals surface area contributed by atoms with Crippen molar-refractivity contribution in [3.05, 3.63) is 105 Å². The lowest BCUT2D eigenvalue weighted by molar-refractivity contribution is -0.139. The lowest BCUT2D eigenvalue weighted by Gasteiger charge is -2.46. The molecule has 3 unspecified atom stereocenters. The quantitative estimate of drug-likeness (QED) is 0.0394. The second kappa shape index (κ2) is 33.8. The summed E-state index contributed by atoms with van der Waals surface area (Å²) in [7, 11) is 13.6. The van der Waals surface area contributed by atoms with Gasteiger partial charge in [0.1, 0.15) is 0 Å². The average molecular weight is 1480 g/mol. The number of nitrogens with two attached hydrogens (primary N) is 2. The molecule has 6 spiro atoms. The molecule has 9 aliphatic carbocycles. The monoisotopic (exact) mass is 1480 g/mol. The summed E-state index contributed by atoms with van der Waals surface area (Å²) in [6.07, 6.45) is 30.5. The number of carbonyl (C=O) groups is 3. The molecule has 3 aliphatic heterocycles. The SMILES string of the molecule is CN.COC1CCC2(CC1)Cc1ccc(CCC3CC3)cc1C21NC(=S)NC1=O.COCCBr.COCCN1C(=O)C2(N=C1N)c1cc(CCC3CC3)ccc1CC21CCC(OC)CC1.COCCSC1=NC2(C(=O)N1CCOC)c1cc(CCC3CC3)ccc1CC21CCC(OC)CC1. The van der Waals surface area contributed by atoms with Gasteiger partial charge >= 0.3 is 0 Å². The molecule has 3 aromatic carbocycles. The smallest absolute Gasteiger partial charge is 0.262 e. The van der Waals surface area contributed by atoms with E-state index in [0.717, 1.165) is 167 Å². The number of nitrogens with zero attached hydrogens (tertiary/aromatic N) is 4. The van der Waals surface area contributed by atoms with E-state index in [4.69, 9.17) is 56.4 Å². The van der Waals surface area contributed by atoms with Gasteiger partial charge in [-0.25, -0.2) is 9.98 Å². The van der Waals surface area contributed by atoms with Gasteiger partial charge < -0.3 is 55.3 Å². The number of hydrogen-bond donors (Lipinski definition) is 4. The van der Waals surface area contributed by atoms with Crippen LogP contribution < -0.4 is 22.1 Å². The third kappa shape index (κ3) is 15.4. The van der Waals surface area contributed by atoms with Crippen LogP contribution in [0.15, 0.2) is 64.6 Å². The number of hydrogen-bond acceptors (Lipinski definition) is 16. The number of amidine groups is 1. The maximum atomic E-state index is 14.5. The molecular weight excluding hydrogens is 1360 g/mol. The van der Waals surface area contributed by atoms with Crippen LogP contribution >= 0.6 is 39.9 Å².